The molecule has 1 unspecified atom stereocenters. The molecule has 12 heteroatoms. The van der Waals surface area contributed by atoms with E-state index in [0.717, 1.165) is 6.26 Å². The molecule has 4 rings (SSSR count). The minimum atomic E-state index is -3.51. The minimum absolute atomic E-state index is 0.0225. The molecule has 2 amide bonds. The van der Waals surface area contributed by atoms with E-state index in [0.29, 0.717) is 23.1 Å². The molecule has 0 saturated heterocycles. The molecule has 214 valence electrons. The van der Waals surface area contributed by atoms with Crippen LogP contribution >= 0.6 is 23.2 Å². The first-order valence-corrected chi connectivity index (χ1v) is 15.0. The highest BCUT2D eigenvalue weighted by molar-refractivity contribution is 7.90. The Labute approximate surface area is 246 Å². The Bertz CT molecular complexity index is 1680. The van der Waals surface area contributed by atoms with Crippen molar-refractivity contribution in [2.45, 2.75) is 30.3 Å². The smallest absolute Gasteiger partial charge is 0.326 e. The molecule has 3 aromatic carbocycles. The summed E-state index contributed by atoms with van der Waals surface area (Å²) in [5.41, 5.74) is 1.82. The number of sulfone groups is 1. The second kappa shape index (κ2) is 12.4. The fourth-order valence-electron chi connectivity index (χ4n) is 4.49. The lowest BCUT2D eigenvalue weighted by Gasteiger charge is -2.29. The van der Waals surface area contributed by atoms with Gasteiger partial charge in [0.25, 0.3) is 5.91 Å². The quantitative estimate of drug-likeness (QED) is 0.357. The summed E-state index contributed by atoms with van der Waals surface area (Å²) in [5.74, 6) is -2.92. The van der Waals surface area contributed by atoms with E-state index in [9.17, 15) is 32.3 Å². The number of amides is 2. The summed E-state index contributed by atoms with van der Waals surface area (Å²) in [4.78, 5) is 39.4. The van der Waals surface area contributed by atoms with Crippen molar-refractivity contribution >= 4 is 56.9 Å². The van der Waals surface area contributed by atoms with Gasteiger partial charge in [0.05, 0.1) is 20.5 Å². The van der Waals surface area contributed by atoms with Crippen LogP contribution in [0.25, 0.3) is 6.08 Å². The van der Waals surface area contributed by atoms with Crippen molar-refractivity contribution in [3.63, 3.8) is 0 Å². The summed E-state index contributed by atoms with van der Waals surface area (Å²) >= 11 is 13.0. The van der Waals surface area contributed by atoms with Gasteiger partial charge in [-0.2, -0.15) is 0 Å². The predicted molar refractivity (Wildman–Crippen MR) is 153 cm³/mol. The van der Waals surface area contributed by atoms with Crippen LogP contribution in [0.2, 0.25) is 10.0 Å². The van der Waals surface area contributed by atoms with E-state index in [-0.39, 0.29) is 51.5 Å². The summed E-state index contributed by atoms with van der Waals surface area (Å²) in [6, 6.07) is 12.0. The van der Waals surface area contributed by atoms with Crippen molar-refractivity contribution in [1.29, 1.82) is 0 Å². The Morgan fingerprint density at radius 2 is 1.85 bits per heavy atom. The van der Waals surface area contributed by atoms with E-state index < -0.39 is 33.6 Å². The average Bonchev–Trinajstić information content (AvgIpc) is 2.91. The zero-order chi connectivity index (χ0) is 29.9. The van der Waals surface area contributed by atoms with Crippen LogP contribution in [0.5, 0.6) is 0 Å². The topological polar surface area (TPSA) is 121 Å². The number of carboxylic acids is 1. The Balaban J connectivity index is 1.51. The van der Waals surface area contributed by atoms with Crippen LogP contribution in [0.3, 0.4) is 0 Å². The molecule has 0 aromatic heterocycles. The number of halogens is 3. The maximum absolute atomic E-state index is 13.9. The number of hydrogen-bond donors (Lipinski definition) is 2. The van der Waals surface area contributed by atoms with E-state index in [1.54, 1.807) is 24.3 Å². The SMILES string of the molecule is CS(=O)(=O)c1cccc(CC(NC(=O)c2c(Cl)cc3c(c2Cl)CCN(C(=O)/C=C/c2ccccc2F)C3)C(=O)O)c1. The summed E-state index contributed by atoms with van der Waals surface area (Å²) in [7, 11) is -3.51. The summed E-state index contributed by atoms with van der Waals surface area (Å²) < 4.78 is 37.6. The number of carboxylic acid groups (broad SMARTS) is 1. The van der Waals surface area contributed by atoms with E-state index >= 15 is 0 Å². The molecular formula is C29H25Cl2FN2O6S. The van der Waals surface area contributed by atoms with Crippen molar-refractivity contribution in [3.05, 3.63) is 104 Å². The summed E-state index contributed by atoms with van der Waals surface area (Å²) in [6.45, 7) is 0.440. The fourth-order valence-corrected chi connectivity index (χ4v) is 5.95. The van der Waals surface area contributed by atoms with Gasteiger partial charge < -0.3 is 15.3 Å². The second-order valence-corrected chi connectivity index (χ2v) is 12.3. The number of nitrogens with one attached hydrogen (secondary N) is 1. The van der Waals surface area contributed by atoms with Crippen molar-refractivity contribution in [2.24, 2.45) is 0 Å². The molecule has 0 fully saturated rings. The molecule has 3 aromatic rings. The third-order valence-electron chi connectivity index (χ3n) is 6.62. The Morgan fingerprint density at radius 3 is 2.54 bits per heavy atom. The molecule has 0 bridgehead atoms. The van der Waals surface area contributed by atoms with Gasteiger partial charge in [-0.3, -0.25) is 9.59 Å². The molecule has 0 spiro atoms. The number of benzene rings is 3. The normalized spacial score (nSPS) is 14.0. The third kappa shape index (κ3) is 7.13. The highest BCUT2D eigenvalue weighted by Gasteiger charge is 2.29. The van der Waals surface area contributed by atoms with Crippen LogP contribution in [-0.2, 0) is 38.8 Å². The maximum atomic E-state index is 13.9. The number of nitrogens with zero attached hydrogens (tertiary/aromatic N) is 1. The monoisotopic (exact) mass is 618 g/mol. The molecule has 0 radical (unpaired) electrons. The third-order valence-corrected chi connectivity index (χ3v) is 8.45. The van der Waals surface area contributed by atoms with E-state index in [1.165, 1.54) is 47.4 Å². The summed E-state index contributed by atoms with van der Waals surface area (Å²) in [6.07, 6.45) is 3.86. The average molecular weight is 619 g/mol. The number of aliphatic carboxylic acids is 1. The van der Waals surface area contributed by atoms with E-state index in [4.69, 9.17) is 23.2 Å². The van der Waals surface area contributed by atoms with Crippen molar-refractivity contribution < 1.29 is 32.3 Å². The highest BCUT2D eigenvalue weighted by Crippen LogP contribution is 2.35. The van der Waals surface area contributed by atoms with Crippen LogP contribution < -0.4 is 5.32 Å². The molecule has 1 aliphatic heterocycles. The molecular weight excluding hydrogens is 594 g/mol. The lowest BCUT2D eigenvalue weighted by Crippen LogP contribution is -2.42. The first-order chi connectivity index (χ1) is 19.3. The van der Waals surface area contributed by atoms with Crippen LogP contribution in [0.15, 0.2) is 65.6 Å². The Morgan fingerprint density at radius 1 is 1.12 bits per heavy atom. The molecule has 0 aliphatic carbocycles. The zero-order valence-corrected chi connectivity index (χ0v) is 24.1. The van der Waals surface area contributed by atoms with Crippen LogP contribution in [0.1, 0.15) is 32.6 Å². The lowest BCUT2D eigenvalue weighted by molar-refractivity contribution is -0.139. The van der Waals surface area contributed by atoms with Crippen LogP contribution in [0, 0.1) is 5.82 Å². The first-order valence-electron chi connectivity index (χ1n) is 12.4. The van der Waals surface area contributed by atoms with Gasteiger partial charge in [0.1, 0.15) is 11.9 Å². The molecule has 1 heterocycles. The van der Waals surface area contributed by atoms with Gasteiger partial charge >= 0.3 is 5.97 Å². The largest absolute Gasteiger partial charge is 0.480 e. The number of carbonyl (C=O) groups excluding carboxylic acids is 2. The lowest BCUT2D eigenvalue weighted by atomic mass is 9.96. The van der Waals surface area contributed by atoms with Gasteiger partial charge in [0, 0.05) is 37.4 Å². The van der Waals surface area contributed by atoms with Gasteiger partial charge in [-0.25, -0.2) is 17.6 Å². The van der Waals surface area contributed by atoms with E-state index in [1.807, 2.05) is 0 Å². The molecule has 1 aliphatic rings. The summed E-state index contributed by atoms with van der Waals surface area (Å²) in [5, 5.41) is 12.2. The second-order valence-electron chi connectivity index (χ2n) is 9.54. The predicted octanol–water partition coefficient (Wildman–Crippen LogP) is 4.56. The number of rotatable bonds is 8. The molecule has 8 nitrogen and oxygen atoms in total. The number of fused-ring (bicyclic) bond motifs is 1. The molecule has 0 saturated carbocycles. The molecule has 41 heavy (non-hydrogen) atoms. The maximum Gasteiger partial charge on any atom is 0.326 e. The zero-order valence-electron chi connectivity index (χ0n) is 21.7. The van der Waals surface area contributed by atoms with Crippen LogP contribution in [0.4, 0.5) is 4.39 Å². The van der Waals surface area contributed by atoms with Crippen molar-refractivity contribution in [1.82, 2.24) is 10.2 Å². The van der Waals surface area contributed by atoms with Gasteiger partial charge in [0.15, 0.2) is 9.84 Å². The fraction of sp³-hybridized carbons (Fsp3) is 0.207. The van der Waals surface area contributed by atoms with Gasteiger partial charge in [-0.15, -0.1) is 0 Å². The van der Waals surface area contributed by atoms with Crippen molar-refractivity contribution in [2.75, 3.05) is 12.8 Å². The van der Waals surface area contributed by atoms with Gasteiger partial charge in [0.2, 0.25) is 5.91 Å². The van der Waals surface area contributed by atoms with Crippen LogP contribution in [-0.4, -0.2) is 55.1 Å². The number of carbonyl (C=O) groups is 3. The highest BCUT2D eigenvalue weighted by atomic mass is 35.5. The Hall–Kier alpha value is -3.73. The molecule has 1 atom stereocenters. The Kier molecular flexibility index (Phi) is 9.16. The first kappa shape index (κ1) is 30.2. The molecule has 2 N–H and O–H groups in total. The minimum Gasteiger partial charge on any atom is -0.480 e. The standard InChI is InChI=1S/C29H25Cl2FN2O6S/c1-41(39,40)20-7-4-5-17(13-20)14-24(29(37)38)33-28(36)26-22(30)15-19-16-34(12-11-21(19)27(26)31)25(35)10-9-18-6-2-3-8-23(18)32/h2-10,13,15,24H,11-12,14,16H2,1H3,(H,33,36)(H,37,38)/b10-9+. The van der Waals surface area contributed by atoms with E-state index in [2.05, 4.69) is 5.32 Å². The number of hydrogen-bond acceptors (Lipinski definition) is 5. The van der Waals surface area contributed by atoms with Crippen molar-refractivity contribution in [3.8, 4) is 0 Å². The van der Waals surface area contributed by atoms with Gasteiger partial charge in [-0.1, -0.05) is 53.5 Å². The van der Waals surface area contributed by atoms with Gasteiger partial charge in [-0.05, 0) is 53.5 Å².